The Morgan fingerprint density at radius 1 is 1.38 bits per heavy atom. The first-order valence-corrected chi connectivity index (χ1v) is 8.89. The first kappa shape index (κ1) is 16.3. The van der Waals surface area contributed by atoms with Crippen LogP contribution in [0, 0.1) is 5.92 Å². The van der Waals surface area contributed by atoms with E-state index in [4.69, 9.17) is 4.99 Å². The van der Waals surface area contributed by atoms with Gasteiger partial charge in [0.1, 0.15) is 0 Å². The largest absolute Gasteiger partial charge is 0.357 e. The van der Waals surface area contributed by atoms with Crippen LogP contribution in [0.4, 0.5) is 0 Å². The van der Waals surface area contributed by atoms with Crippen molar-refractivity contribution in [3.63, 3.8) is 0 Å². The molecular formula is C16H28N4S. The zero-order valence-electron chi connectivity index (χ0n) is 13.3. The molecule has 0 spiro atoms. The van der Waals surface area contributed by atoms with E-state index in [0.717, 1.165) is 37.9 Å². The summed E-state index contributed by atoms with van der Waals surface area (Å²) >= 11 is 1.82. The van der Waals surface area contributed by atoms with Crippen LogP contribution in [0.15, 0.2) is 22.5 Å². The van der Waals surface area contributed by atoms with Gasteiger partial charge in [0, 0.05) is 24.5 Å². The Balaban J connectivity index is 1.73. The van der Waals surface area contributed by atoms with Crippen LogP contribution in [0.25, 0.3) is 0 Å². The highest BCUT2D eigenvalue weighted by Crippen LogP contribution is 2.15. The summed E-state index contributed by atoms with van der Waals surface area (Å²) in [5.41, 5.74) is 0. The van der Waals surface area contributed by atoms with E-state index in [2.05, 4.69) is 47.0 Å². The Labute approximate surface area is 132 Å². The summed E-state index contributed by atoms with van der Waals surface area (Å²) in [6.07, 6.45) is 3.61. The lowest BCUT2D eigenvalue weighted by Gasteiger charge is -2.28. The van der Waals surface area contributed by atoms with E-state index in [-0.39, 0.29) is 0 Å². The molecule has 0 saturated carbocycles. The van der Waals surface area contributed by atoms with Crippen molar-refractivity contribution in [3.05, 3.63) is 22.4 Å². The number of rotatable bonds is 6. The minimum atomic E-state index is 0.744. The number of guanidine groups is 1. The molecular weight excluding hydrogens is 280 g/mol. The molecule has 0 bridgehead atoms. The maximum absolute atomic E-state index is 4.76. The molecule has 5 heteroatoms. The fourth-order valence-electron chi connectivity index (χ4n) is 2.57. The molecule has 1 aromatic rings. The third-order valence-electron chi connectivity index (χ3n) is 3.93. The standard InChI is InChI=1S/C16H28N4S/c1-3-17-16(18-9-6-15-5-4-12-21-15)19-13-14-7-10-20(2)11-8-14/h4-5,12,14H,3,6-11,13H2,1-2H3,(H2,17,18,19). The van der Waals surface area contributed by atoms with Crippen molar-refractivity contribution in [1.29, 1.82) is 0 Å². The Morgan fingerprint density at radius 3 is 2.86 bits per heavy atom. The molecule has 0 unspecified atom stereocenters. The maximum Gasteiger partial charge on any atom is 0.191 e. The van der Waals surface area contributed by atoms with E-state index in [0.29, 0.717) is 0 Å². The molecule has 0 aromatic carbocycles. The van der Waals surface area contributed by atoms with Gasteiger partial charge in [-0.05, 0) is 63.7 Å². The van der Waals surface area contributed by atoms with Gasteiger partial charge in [0.05, 0.1) is 0 Å². The number of nitrogens with one attached hydrogen (secondary N) is 2. The first-order chi connectivity index (χ1) is 10.3. The van der Waals surface area contributed by atoms with Crippen LogP contribution < -0.4 is 10.6 Å². The van der Waals surface area contributed by atoms with Crippen molar-refractivity contribution in [3.8, 4) is 0 Å². The van der Waals surface area contributed by atoms with Crippen LogP contribution in [0.2, 0.25) is 0 Å². The Hall–Kier alpha value is -1.07. The molecule has 1 saturated heterocycles. The number of piperidine rings is 1. The van der Waals surface area contributed by atoms with Crippen molar-refractivity contribution in [1.82, 2.24) is 15.5 Å². The van der Waals surface area contributed by atoms with Crippen molar-refractivity contribution in [2.24, 2.45) is 10.9 Å². The van der Waals surface area contributed by atoms with E-state index >= 15 is 0 Å². The van der Waals surface area contributed by atoms with Crippen LogP contribution in [0.5, 0.6) is 0 Å². The van der Waals surface area contributed by atoms with E-state index in [1.807, 2.05) is 11.3 Å². The molecule has 2 rings (SSSR count). The summed E-state index contributed by atoms with van der Waals surface area (Å²) in [4.78, 5) is 8.59. The average molecular weight is 308 g/mol. The zero-order valence-corrected chi connectivity index (χ0v) is 14.1. The topological polar surface area (TPSA) is 39.7 Å². The lowest BCUT2D eigenvalue weighted by atomic mass is 9.97. The number of likely N-dealkylation sites (tertiary alicyclic amines) is 1. The van der Waals surface area contributed by atoms with Gasteiger partial charge >= 0.3 is 0 Å². The fourth-order valence-corrected chi connectivity index (χ4v) is 3.27. The van der Waals surface area contributed by atoms with Crippen LogP contribution >= 0.6 is 11.3 Å². The van der Waals surface area contributed by atoms with Gasteiger partial charge in [-0.3, -0.25) is 4.99 Å². The fraction of sp³-hybridized carbons (Fsp3) is 0.688. The highest BCUT2D eigenvalue weighted by Gasteiger charge is 2.16. The summed E-state index contributed by atoms with van der Waals surface area (Å²) in [6, 6.07) is 4.30. The van der Waals surface area contributed by atoms with Crippen LogP contribution in [-0.4, -0.2) is 50.6 Å². The van der Waals surface area contributed by atoms with Crippen LogP contribution in [-0.2, 0) is 6.42 Å². The molecule has 118 valence electrons. The molecule has 2 N–H and O–H groups in total. The third kappa shape index (κ3) is 6.06. The van der Waals surface area contributed by atoms with E-state index in [9.17, 15) is 0 Å². The highest BCUT2D eigenvalue weighted by molar-refractivity contribution is 7.09. The van der Waals surface area contributed by atoms with Crippen molar-refractivity contribution >= 4 is 17.3 Å². The quantitative estimate of drug-likeness (QED) is 0.625. The zero-order chi connectivity index (χ0) is 14.9. The molecule has 2 heterocycles. The van der Waals surface area contributed by atoms with E-state index in [1.165, 1.54) is 30.8 Å². The molecule has 0 atom stereocenters. The smallest absolute Gasteiger partial charge is 0.191 e. The maximum atomic E-state index is 4.76. The Bertz CT molecular complexity index is 408. The van der Waals surface area contributed by atoms with Crippen LogP contribution in [0.1, 0.15) is 24.6 Å². The molecule has 1 fully saturated rings. The second kappa shape index (κ2) is 9.05. The predicted molar refractivity (Wildman–Crippen MR) is 92.2 cm³/mol. The number of thiophene rings is 1. The van der Waals surface area contributed by atoms with Crippen molar-refractivity contribution in [2.75, 3.05) is 39.8 Å². The minimum absolute atomic E-state index is 0.744. The lowest BCUT2D eigenvalue weighted by Crippen LogP contribution is -2.39. The summed E-state index contributed by atoms with van der Waals surface area (Å²) in [7, 11) is 2.20. The van der Waals surface area contributed by atoms with Gasteiger partial charge in [0.15, 0.2) is 5.96 Å². The second-order valence-corrected chi connectivity index (χ2v) is 6.75. The molecule has 4 nitrogen and oxygen atoms in total. The summed E-state index contributed by atoms with van der Waals surface area (Å²) < 4.78 is 0. The van der Waals surface area contributed by atoms with Crippen molar-refractivity contribution in [2.45, 2.75) is 26.2 Å². The minimum Gasteiger partial charge on any atom is -0.357 e. The number of hydrogen-bond acceptors (Lipinski definition) is 3. The van der Waals surface area contributed by atoms with Gasteiger partial charge in [-0.2, -0.15) is 0 Å². The number of aliphatic imine (C=N–C) groups is 1. The Kier molecular flexibility index (Phi) is 7.03. The Morgan fingerprint density at radius 2 is 2.19 bits per heavy atom. The average Bonchev–Trinajstić information content (AvgIpc) is 3.00. The summed E-state index contributed by atoms with van der Waals surface area (Å²) in [5.74, 6) is 1.71. The highest BCUT2D eigenvalue weighted by atomic mass is 32.1. The summed E-state index contributed by atoms with van der Waals surface area (Å²) in [6.45, 7) is 7.34. The second-order valence-electron chi connectivity index (χ2n) is 5.72. The van der Waals surface area contributed by atoms with Gasteiger partial charge in [0.25, 0.3) is 0 Å². The van der Waals surface area contributed by atoms with E-state index in [1.54, 1.807) is 0 Å². The monoisotopic (exact) mass is 308 g/mol. The molecule has 0 radical (unpaired) electrons. The van der Waals surface area contributed by atoms with Crippen molar-refractivity contribution < 1.29 is 0 Å². The molecule has 21 heavy (non-hydrogen) atoms. The van der Waals surface area contributed by atoms with Gasteiger partial charge < -0.3 is 15.5 Å². The normalized spacial score (nSPS) is 17.9. The molecule has 0 amide bonds. The predicted octanol–water partition coefficient (Wildman–Crippen LogP) is 2.19. The first-order valence-electron chi connectivity index (χ1n) is 8.01. The van der Waals surface area contributed by atoms with Crippen LogP contribution in [0.3, 0.4) is 0 Å². The molecule has 1 aliphatic rings. The third-order valence-corrected chi connectivity index (χ3v) is 4.87. The van der Waals surface area contributed by atoms with Gasteiger partial charge in [-0.15, -0.1) is 11.3 Å². The van der Waals surface area contributed by atoms with Gasteiger partial charge in [-0.25, -0.2) is 0 Å². The van der Waals surface area contributed by atoms with E-state index < -0.39 is 0 Å². The number of hydrogen-bond donors (Lipinski definition) is 2. The molecule has 0 aliphatic carbocycles. The lowest BCUT2D eigenvalue weighted by molar-refractivity contribution is 0.223. The van der Waals surface area contributed by atoms with Gasteiger partial charge in [-0.1, -0.05) is 6.07 Å². The van der Waals surface area contributed by atoms with Gasteiger partial charge in [0.2, 0.25) is 0 Å². The molecule has 1 aromatic heterocycles. The SMILES string of the molecule is CCNC(=NCC1CCN(C)CC1)NCCc1cccs1. The number of nitrogens with zero attached hydrogens (tertiary/aromatic N) is 2. The summed E-state index contributed by atoms with van der Waals surface area (Å²) in [5, 5.41) is 8.92. The molecule has 1 aliphatic heterocycles.